The third-order valence-electron chi connectivity index (χ3n) is 7.55. The van der Waals surface area contributed by atoms with Crippen LogP contribution in [0, 0.1) is 16.7 Å². The highest BCUT2D eigenvalue weighted by atomic mass is 16.5. The zero-order chi connectivity index (χ0) is 17.5. The lowest BCUT2D eigenvalue weighted by atomic mass is 9.46. The van der Waals surface area contributed by atoms with Gasteiger partial charge in [-0.3, -0.25) is 4.99 Å². The Morgan fingerprint density at radius 2 is 2.04 bits per heavy atom. The molecule has 5 heteroatoms. The Morgan fingerprint density at radius 3 is 2.72 bits per heavy atom. The van der Waals surface area contributed by atoms with E-state index >= 15 is 0 Å². The average Bonchev–Trinajstić information content (AvgIpc) is 2.97. The maximum Gasteiger partial charge on any atom is 0.191 e. The number of fused-ring (bicyclic) bond motifs is 2. The SMILES string of the molecule is CCNC(=NCC1(C)CCCCC1O)NC1C2CCOC2C12CCC2. The molecule has 0 aromatic heterocycles. The highest BCUT2D eigenvalue weighted by molar-refractivity contribution is 5.80. The van der Waals surface area contributed by atoms with Crippen LogP contribution in [0.4, 0.5) is 0 Å². The van der Waals surface area contributed by atoms with Crippen molar-refractivity contribution in [2.75, 3.05) is 19.7 Å². The second-order valence-electron chi connectivity index (χ2n) is 9.06. The molecule has 142 valence electrons. The number of rotatable bonds is 4. The highest BCUT2D eigenvalue weighted by Gasteiger charge is 2.66. The van der Waals surface area contributed by atoms with Gasteiger partial charge in [0, 0.05) is 35.9 Å². The second kappa shape index (κ2) is 6.73. The molecule has 1 saturated heterocycles. The van der Waals surface area contributed by atoms with Gasteiger partial charge in [0.25, 0.3) is 0 Å². The molecule has 3 aliphatic carbocycles. The largest absolute Gasteiger partial charge is 0.392 e. The molecule has 1 heterocycles. The topological polar surface area (TPSA) is 65.9 Å². The fourth-order valence-corrected chi connectivity index (χ4v) is 5.75. The van der Waals surface area contributed by atoms with Gasteiger partial charge >= 0.3 is 0 Å². The van der Waals surface area contributed by atoms with Crippen molar-refractivity contribution in [1.82, 2.24) is 10.6 Å². The van der Waals surface area contributed by atoms with Crippen LogP contribution in [-0.2, 0) is 4.74 Å². The van der Waals surface area contributed by atoms with Crippen LogP contribution in [-0.4, -0.2) is 49.0 Å². The van der Waals surface area contributed by atoms with Crippen LogP contribution in [0.2, 0.25) is 0 Å². The van der Waals surface area contributed by atoms with Gasteiger partial charge in [-0.15, -0.1) is 0 Å². The molecule has 0 bridgehead atoms. The fraction of sp³-hybridized carbons (Fsp3) is 0.950. The normalized spacial score (nSPS) is 42.4. The van der Waals surface area contributed by atoms with Gasteiger partial charge in [0.05, 0.1) is 18.8 Å². The number of ether oxygens (including phenoxy) is 1. The predicted molar refractivity (Wildman–Crippen MR) is 99.6 cm³/mol. The molecular formula is C20H35N3O2. The zero-order valence-corrected chi connectivity index (χ0v) is 15.9. The highest BCUT2D eigenvalue weighted by Crippen LogP contribution is 2.62. The molecule has 4 aliphatic rings. The van der Waals surface area contributed by atoms with Crippen molar-refractivity contribution in [3.63, 3.8) is 0 Å². The van der Waals surface area contributed by atoms with Crippen LogP contribution >= 0.6 is 0 Å². The number of hydrogen-bond donors (Lipinski definition) is 3. The van der Waals surface area contributed by atoms with Gasteiger partial charge in [0.1, 0.15) is 0 Å². The van der Waals surface area contributed by atoms with Crippen LogP contribution in [0.25, 0.3) is 0 Å². The predicted octanol–water partition coefficient (Wildman–Crippen LogP) is 2.44. The molecule has 25 heavy (non-hydrogen) atoms. The van der Waals surface area contributed by atoms with E-state index in [0.717, 1.165) is 38.4 Å². The van der Waals surface area contributed by atoms with Crippen molar-refractivity contribution in [2.24, 2.45) is 21.7 Å². The van der Waals surface area contributed by atoms with Gasteiger partial charge < -0.3 is 20.5 Å². The van der Waals surface area contributed by atoms with Crippen LogP contribution in [0.15, 0.2) is 4.99 Å². The maximum atomic E-state index is 10.4. The average molecular weight is 350 g/mol. The Balaban J connectivity index is 1.44. The van der Waals surface area contributed by atoms with E-state index in [1.54, 1.807) is 0 Å². The van der Waals surface area contributed by atoms with E-state index < -0.39 is 0 Å². The smallest absolute Gasteiger partial charge is 0.191 e. The van der Waals surface area contributed by atoms with Crippen LogP contribution in [0.5, 0.6) is 0 Å². The lowest BCUT2D eigenvalue weighted by molar-refractivity contribution is -0.171. The lowest BCUT2D eigenvalue weighted by Gasteiger charge is -2.63. The summed E-state index contributed by atoms with van der Waals surface area (Å²) in [6, 6.07) is 0.510. The third-order valence-corrected chi connectivity index (χ3v) is 7.55. The van der Waals surface area contributed by atoms with Crippen molar-refractivity contribution in [2.45, 2.75) is 83.5 Å². The molecule has 0 aromatic carbocycles. The Hall–Kier alpha value is -0.810. The summed E-state index contributed by atoms with van der Waals surface area (Å²) >= 11 is 0. The maximum absolute atomic E-state index is 10.4. The third kappa shape index (κ3) is 2.87. The molecule has 0 amide bonds. The number of hydrogen-bond acceptors (Lipinski definition) is 3. The van der Waals surface area contributed by atoms with Crippen molar-refractivity contribution >= 4 is 5.96 Å². The first kappa shape index (κ1) is 17.6. The monoisotopic (exact) mass is 349 g/mol. The minimum Gasteiger partial charge on any atom is -0.392 e. The van der Waals surface area contributed by atoms with E-state index in [0.29, 0.717) is 30.0 Å². The number of nitrogens with one attached hydrogen (secondary N) is 2. The Labute approximate surface area is 152 Å². The first-order valence-corrected chi connectivity index (χ1v) is 10.4. The van der Waals surface area contributed by atoms with E-state index in [1.807, 2.05) is 0 Å². The Bertz CT molecular complexity index is 519. The minimum absolute atomic E-state index is 0.0760. The van der Waals surface area contributed by atoms with E-state index in [4.69, 9.17) is 9.73 Å². The summed E-state index contributed by atoms with van der Waals surface area (Å²) in [7, 11) is 0. The van der Waals surface area contributed by atoms with Gasteiger partial charge in [-0.05, 0) is 39.0 Å². The summed E-state index contributed by atoms with van der Waals surface area (Å²) in [5.41, 5.74) is 0.291. The lowest BCUT2D eigenvalue weighted by Crippen LogP contribution is -2.72. The van der Waals surface area contributed by atoms with Gasteiger partial charge in [0.2, 0.25) is 0 Å². The van der Waals surface area contributed by atoms with E-state index in [1.165, 1.54) is 32.1 Å². The summed E-state index contributed by atoms with van der Waals surface area (Å²) in [6.07, 6.45) is 9.71. The molecule has 3 saturated carbocycles. The second-order valence-corrected chi connectivity index (χ2v) is 9.06. The van der Waals surface area contributed by atoms with Crippen LogP contribution in [0.1, 0.15) is 65.2 Å². The fourth-order valence-electron chi connectivity index (χ4n) is 5.75. The quantitative estimate of drug-likeness (QED) is 0.539. The number of aliphatic imine (C=N–C) groups is 1. The molecule has 1 aliphatic heterocycles. The van der Waals surface area contributed by atoms with Crippen LogP contribution in [0.3, 0.4) is 0 Å². The van der Waals surface area contributed by atoms with Crippen molar-refractivity contribution in [3.8, 4) is 0 Å². The Kier molecular flexibility index (Phi) is 4.74. The van der Waals surface area contributed by atoms with E-state index in [9.17, 15) is 5.11 Å². The molecule has 1 spiro atoms. The summed E-state index contributed by atoms with van der Waals surface area (Å²) in [6.45, 7) is 6.81. The van der Waals surface area contributed by atoms with Gasteiger partial charge in [-0.1, -0.05) is 26.2 Å². The molecule has 4 rings (SSSR count). The number of aliphatic hydroxyl groups excluding tert-OH is 1. The molecular weight excluding hydrogens is 314 g/mol. The van der Waals surface area contributed by atoms with Gasteiger partial charge in [0.15, 0.2) is 5.96 Å². The zero-order valence-electron chi connectivity index (χ0n) is 15.9. The van der Waals surface area contributed by atoms with Crippen LogP contribution < -0.4 is 10.6 Å². The molecule has 4 fully saturated rings. The summed E-state index contributed by atoms with van der Waals surface area (Å²) in [5.74, 6) is 1.59. The van der Waals surface area contributed by atoms with Gasteiger partial charge in [-0.25, -0.2) is 0 Å². The standard InChI is InChI=1S/C20H35N3O2/c1-3-21-18(22-13-19(2)9-5-4-7-15(19)24)23-16-14-8-12-25-17(14)20(16)10-6-11-20/h14-17,24H,3-13H2,1-2H3,(H2,21,22,23). The molecule has 5 atom stereocenters. The molecule has 3 N–H and O–H groups in total. The van der Waals surface area contributed by atoms with E-state index in [2.05, 4.69) is 24.5 Å². The van der Waals surface area contributed by atoms with Gasteiger partial charge in [-0.2, -0.15) is 0 Å². The van der Waals surface area contributed by atoms with Crippen molar-refractivity contribution in [1.29, 1.82) is 0 Å². The molecule has 5 unspecified atom stereocenters. The van der Waals surface area contributed by atoms with E-state index in [-0.39, 0.29) is 11.5 Å². The number of nitrogens with zero attached hydrogens (tertiary/aromatic N) is 1. The summed E-state index contributed by atoms with van der Waals surface area (Å²) < 4.78 is 6.03. The molecule has 5 nitrogen and oxygen atoms in total. The number of guanidine groups is 1. The van der Waals surface area contributed by atoms with Crippen molar-refractivity contribution in [3.05, 3.63) is 0 Å². The Morgan fingerprint density at radius 1 is 1.20 bits per heavy atom. The summed E-state index contributed by atoms with van der Waals surface area (Å²) in [4.78, 5) is 4.91. The molecule has 0 aromatic rings. The van der Waals surface area contributed by atoms with Crippen molar-refractivity contribution < 1.29 is 9.84 Å². The molecule has 0 radical (unpaired) electrons. The minimum atomic E-state index is -0.220. The first-order valence-electron chi connectivity index (χ1n) is 10.4. The first-order chi connectivity index (χ1) is 12.1. The number of aliphatic hydroxyl groups is 1. The summed E-state index contributed by atoms with van der Waals surface area (Å²) in [5, 5.41) is 17.6.